The van der Waals surface area contributed by atoms with E-state index in [1.807, 2.05) is 0 Å². The first-order valence-electron chi connectivity index (χ1n) is 6.33. The van der Waals surface area contributed by atoms with Crippen molar-refractivity contribution in [3.63, 3.8) is 0 Å². The fourth-order valence-electron chi connectivity index (χ4n) is 2.33. The summed E-state index contributed by atoms with van der Waals surface area (Å²) in [5.41, 5.74) is 1.36. The number of ketones is 1. The predicted molar refractivity (Wildman–Crippen MR) is 64.9 cm³/mol. The van der Waals surface area contributed by atoms with E-state index in [4.69, 9.17) is 0 Å². The average Bonchev–Trinajstić information content (AvgIpc) is 2.64. The van der Waals surface area contributed by atoms with E-state index < -0.39 is 0 Å². The smallest absolute Gasteiger partial charge is 0.133 e. The lowest BCUT2D eigenvalue weighted by atomic mass is 9.98. The van der Waals surface area contributed by atoms with E-state index in [1.165, 1.54) is 31.3 Å². The normalized spacial score (nSPS) is 16.7. The standard InChI is InChI=1S/C14H24O/c1-12(2)7-3-6-10-14(15)11-13-8-4-5-9-13/h7,13H,3-6,8-11H2,1-2H3. The van der Waals surface area contributed by atoms with E-state index >= 15 is 0 Å². The van der Waals surface area contributed by atoms with Crippen molar-refractivity contribution in [3.05, 3.63) is 11.6 Å². The van der Waals surface area contributed by atoms with Gasteiger partial charge in [-0.2, -0.15) is 0 Å². The molecule has 0 aliphatic heterocycles. The van der Waals surface area contributed by atoms with Crippen molar-refractivity contribution in [1.82, 2.24) is 0 Å². The molecule has 0 radical (unpaired) electrons. The van der Waals surface area contributed by atoms with Crippen molar-refractivity contribution in [2.45, 2.75) is 65.2 Å². The number of hydrogen-bond acceptors (Lipinski definition) is 1. The molecule has 1 fully saturated rings. The Morgan fingerprint density at radius 2 is 1.93 bits per heavy atom. The van der Waals surface area contributed by atoms with Crippen LogP contribution in [0.5, 0.6) is 0 Å². The first-order chi connectivity index (χ1) is 7.18. The number of carbonyl (C=O) groups is 1. The van der Waals surface area contributed by atoms with Gasteiger partial charge in [0.25, 0.3) is 0 Å². The third kappa shape index (κ3) is 5.76. The van der Waals surface area contributed by atoms with Crippen LogP contribution in [0.4, 0.5) is 0 Å². The minimum atomic E-state index is 0.490. The lowest BCUT2D eigenvalue weighted by molar-refractivity contribution is -0.120. The number of Topliss-reactive ketones (excluding diaryl/α,β-unsaturated/α-hetero) is 1. The minimum absolute atomic E-state index is 0.490. The van der Waals surface area contributed by atoms with E-state index in [2.05, 4.69) is 19.9 Å². The maximum atomic E-state index is 11.6. The summed E-state index contributed by atoms with van der Waals surface area (Å²) >= 11 is 0. The molecule has 1 rings (SSSR count). The number of rotatable bonds is 6. The van der Waals surface area contributed by atoms with Crippen LogP contribution in [-0.4, -0.2) is 5.78 Å². The molecule has 1 aliphatic carbocycles. The second-order valence-electron chi connectivity index (χ2n) is 5.07. The molecule has 0 aromatic heterocycles. The molecule has 0 atom stereocenters. The maximum absolute atomic E-state index is 11.6. The summed E-state index contributed by atoms with van der Waals surface area (Å²) in [7, 11) is 0. The van der Waals surface area contributed by atoms with E-state index in [9.17, 15) is 4.79 Å². The Balaban J connectivity index is 2.05. The fraction of sp³-hybridized carbons (Fsp3) is 0.786. The van der Waals surface area contributed by atoms with Crippen molar-refractivity contribution in [3.8, 4) is 0 Å². The molecule has 0 amide bonds. The average molecular weight is 208 g/mol. The van der Waals surface area contributed by atoms with E-state index in [-0.39, 0.29) is 0 Å². The molecule has 1 saturated carbocycles. The largest absolute Gasteiger partial charge is 0.300 e. The van der Waals surface area contributed by atoms with E-state index in [0.717, 1.165) is 31.6 Å². The Hall–Kier alpha value is -0.590. The third-order valence-corrected chi connectivity index (χ3v) is 3.20. The van der Waals surface area contributed by atoms with E-state index in [1.54, 1.807) is 0 Å². The molecule has 0 aromatic carbocycles. The van der Waals surface area contributed by atoms with Gasteiger partial charge in [-0.3, -0.25) is 4.79 Å². The van der Waals surface area contributed by atoms with Crippen molar-refractivity contribution in [2.75, 3.05) is 0 Å². The molecular formula is C14H24O. The van der Waals surface area contributed by atoms with Gasteiger partial charge in [0.05, 0.1) is 0 Å². The molecule has 1 aliphatic rings. The Labute approximate surface area is 93.9 Å². The number of hydrogen-bond donors (Lipinski definition) is 0. The Bertz CT molecular complexity index is 217. The van der Waals surface area contributed by atoms with Gasteiger partial charge < -0.3 is 0 Å². The molecule has 86 valence electrons. The highest BCUT2D eigenvalue weighted by atomic mass is 16.1. The van der Waals surface area contributed by atoms with Crippen LogP contribution in [0.25, 0.3) is 0 Å². The zero-order chi connectivity index (χ0) is 11.1. The van der Waals surface area contributed by atoms with Crippen LogP contribution in [-0.2, 0) is 4.79 Å². The molecule has 0 aromatic rings. The molecular weight excluding hydrogens is 184 g/mol. The first kappa shape index (κ1) is 12.5. The lowest BCUT2D eigenvalue weighted by Crippen LogP contribution is -2.04. The SMILES string of the molecule is CC(C)=CCCCC(=O)CC1CCCC1. The van der Waals surface area contributed by atoms with Crippen molar-refractivity contribution in [2.24, 2.45) is 5.92 Å². The number of allylic oxidation sites excluding steroid dienone is 2. The molecule has 1 heteroatoms. The molecule has 0 bridgehead atoms. The summed E-state index contributed by atoms with van der Waals surface area (Å²) in [6, 6.07) is 0. The summed E-state index contributed by atoms with van der Waals surface area (Å²) in [6.45, 7) is 4.22. The van der Waals surface area contributed by atoms with E-state index in [0.29, 0.717) is 5.78 Å². The van der Waals surface area contributed by atoms with Gasteiger partial charge in [-0.25, -0.2) is 0 Å². The number of carbonyl (C=O) groups excluding carboxylic acids is 1. The van der Waals surface area contributed by atoms with Gasteiger partial charge in [0.2, 0.25) is 0 Å². The quantitative estimate of drug-likeness (QED) is 0.470. The summed E-state index contributed by atoms with van der Waals surface area (Å²) in [5.74, 6) is 1.21. The Morgan fingerprint density at radius 1 is 1.27 bits per heavy atom. The number of unbranched alkanes of at least 4 members (excludes halogenated alkanes) is 1. The van der Waals surface area contributed by atoms with Gasteiger partial charge >= 0.3 is 0 Å². The van der Waals surface area contributed by atoms with Gasteiger partial charge in [0.1, 0.15) is 5.78 Å². The minimum Gasteiger partial charge on any atom is -0.300 e. The summed E-state index contributed by atoms with van der Waals surface area (Å²) in [5, 5.41) is 0. The monoisotopic (exact) mass is 208 g/mol. The first-order valence-corrected chi connectivity index (χ1v) is 6.33. The Kier molecular flexibility index (Phi) is 5.67. The van der Waals surface area contributed by atoms with Gasteiger partial charge in [-0.1, -0.05) is 37.3 Å². The van der Waals surface area contributed by atoms with Crippen LogP contribution in [0.3, 0.4) is 0 Å². The van der Waals surface area contributed by atoms with Crippen molar-refractivity contribution >= 4 is 5.78 Å². The topological polar surface area (TPSA) is 17.1 Å². The second-order valence-corrected chi connectivity index (χ2v) is 5.07. The lowest BCUT2D eigenvalue weighted by Gasteiger charge is -2.06. The summed E-state index contributed by atoms with van der Waals surface area (Å²) in [6.07, 6.45) is 11.2. The van der Waals surface area contributed by atoms with Crippen LogP contribution in [0.15, 0.2) is 11.6 Å². The van der Waals surface area contributed by atoms with Crippen LogP contribution in [0, 0.1) is 5.92 Å². The highest BCUT2D eigenvalue weighted by Crippen LogP contribution is 2.28. The highest BCUT2D eigenvalue weighted by molar-refractivity contribution is 5.78. The highest BCUT2D eigenvalue weighted by Gasteiger charge is 2.17. The van der Waals surface area contributed by atoms with Crippen molar-refractivity contribution in [1.29, 1.82) is 0 Å². The van der Waals surface area contributed by atoms with Crippen LogP contribution in [0.1, 0.15) is 65.2 Å². The van der Waals surface area contributed by atoms with Gasteiger partial charge in [0.15, 0.2) is 0 Å². The molecule has 0 heterocycles. The summed E-state index contributed by atoms with van der Waals surface area (Å²) in [4.78, 5) is 11.6. The predicted octanol–water partition coefficient (Wildman–Crippen LogP) is 4.27. The maximum Gasteiger partial charge on any atom is 0.133 e. The molecule has 1 nitrogen and oxygen atoms in total. The molecule has 15 heavy (non-hydrogen) atoms. The van der Waals surface area contributed by atoms with Gasteiger partial charge in [0, 0.05) is 12.8 Å². The zero-order valence-electron chi connectivity index (χ0n) is 10.2. The van der Waals surface area contributed by atoms with Crippen LogP contribution < -0.4 is 0 Å². The van der Waals surface area contributed by atoms with Gasteiger partial charge in [-0.05, 0) is 32.6 Å². The Morgan fingerprint density at radius 3 is 2.53 bits per heavy atom. The fourth-order valence-corrected chi connectivity index (χ4v) is 2.33. The van der Waals surface area contributed by atoms with Crippen molar-refractivity contribution < 1.29 is 4.79 Å². The molecule has 0 unspecified atom stereocenters. The molecule has 0 saturated heterocycles. The summed E-state index contributed by atoms with van der Waals surface area (Å²) < 4.78 is 0. The third-order valence-electron chi connectivity index (χ3n) is 3.20. The second kappa shape index (κ2) is 6.81. The van der Waals surface area contributed by atoms with Crippen LogP contribution in [0.2, 0.25) is 0 Å². The van der Waals surface area contributed by atoms with Crippen LogP contribution >= 0.6 is 0 Å². The molecule has 0 N–H and O–H groups in total. The van der Waals surface area contributed by atoms with Gasteiger partial charge in [-0.15, -0.1) is 0 Å². The zero-order valence-corrected chi connectivity index (χ0v) is 10.2. The molecule has 0 spiro atoms.